The minimum Gasteiger partial charge on any atom is -0.209 e. The Morgan fingerprint density at radius 3 is 1.96 bits per heavy atom. The number of rotatable bonds is 3. The van der Waals surface area contributed by atoms with Gasteiger partial charge in [0, 0.05) is 14.4 Å². The van der Waals surface area contributed by atoms with Crippen LogP contribution in [0.5, 0.6) is 0 Å². The molecule has 0 heterocycles. The SMILES string of the molecule is Cc1cc2c(cc1C(N=N)c1ccc(I)cc1)C(C)(C)C=CC2(C)C. The minimum absolute atomic E-state index is 0.00799. The highest BCUT2D eigenvalue weighted by atomic mass is 127. The third kappa shape index (κ3) is 3.31. The van der Waals surface area contributed by atoms with Gasteiger partial charge in [0.15, 0.2) is 0 Å². The van der Waals surface area contributed by atoms with Crippen LogP contribution in [0.4, 0.5) is 0 Å². The summed E-state index contributed by atoms with van der Waals surface area (Å²) in [6, 6.07) is 12.7. The summed E-state index contributed by atoms with van der Waals surface area (Å²) in [5.74, 6) is 0. The second kappa shape index (κ2) is 6.35. The first-order valence-corrected chi connectivity index (χ1v) is 9.71. The molecule has 0 radical (unpaired) electrons. The number of aryl methyl sites for hydroxylation is 1. The van der Waals surface area contributed by atoms with Gasteiger partial charge in [-0.1, -0.05) is 64.1 Å². The van der Waals surface area contributed by atoms with Gasteiger partial charge in [0.05, 0.1) is 0 Å². The van der Waals surface area contributed by atoms with Gasteiger partial charge in [-0.2, -0.15) is 5.11 Å². The van der Waals surface area contributed by atoms with Crippen molar-refractivity contribution in [2.75, 3.05) is 0 Å². The maximum Gasteiger partial charge on any atom is 0.121 e. The van der Waals surface area contributed by atoms with Crippen molar-refractivity contribution in [1.82, 2.24) is 0 Å². The lowest BCUT2D eigenvalue weighted by atomic mass is 9.67. The van der Waals surface area contributed by atoms with Gasteiger partial charge in [-0.15, -0.1) is 0 Å². The molecule has 3 heteroatoms. The first kappa shape index (κ1) is 18.3. The molecular weight excluding hydrogens is 419 g/mol. The molecule has 1 atom stereocenters. The van der Waals surface area contributed by atoms with E-state index < -0.39 is 0 Å². The van der Waals surface area contributed by atoms with E-state index in [1.807, 2.05) is 0 Å². The molecule has 25 heavy (non-hydrogen) atoms. The summed E-state index contributed by atoms with van der Waals surface area (Å²) in [5, 5.41) is 3.98. The Morgan fingerprint density at radius 2 is 1.44 bits per heavy atom. The molecule has 1 aliphatic rings. The molecule has 0 spiro atoms. The molecule has 0 aromatic heterocycles. The van der Waals surface area contributed by atoms with Crippen LogP contribution < -0.4 is 0 Å². The average Bonchev–Trinajstić information content (AvgIpc) is 2.55. The topological polar surface area (TPSA) is 36.2 Å². The van der Waals surface area contributed by atoms with Gasteiger partial charge in [-0.05, 0) is 69.5 Å². The molecule has 3 rings (SSSR count). The molecule has 0 bridgehead atoms. The molecule has 2 nitrogen and oxygen atoms in total. The zero-order valence-corrected chi connectivity index (χ0v) is 17.7. The molecular formula is C22H25IN2. The number of halogens is 1. The lowest BCUT2D eigenvalue weighted by molar-refractivity contribution is 0.560. The quantitative estimate of drug-likeness (QED) is 0.306. The van der Waals surface area contributed by atoms with E-state index in [-0.39, 0.29) is 16.9 Å². The Balaban J connectivity index is 2.18. The minimum atomic E-state index is -0.243. The number of hydrogen-bond donors (Lipinski definition) is 1. The van der Waals surface area contributed by atoms with Gasteiger partial charge in [-0.3, -0.25) is 0 Å². The number of benzene rings is 2. The van der Waals surface area contributed by atoms with Crippen molar-refractivity contribution in [1.29, 1.82) is 5.53 Å². The van der Waals surface area contributed by atoms with Crippen LogP contribution in [0.1, 0.15) is 61.6 Å². The summed E-state index contributed by atoms with van der Waals surface area (Å²) in [4.78, 5) is 0. The predicted octanol–water partition coefficient (Wildman–Crippen LogP) is 6.84. The third-order valence-electron chi connectivity index (χ3n) is 5.32. The summed E-state index contributed by atoms with van der Waals surface area (Å²) in [5.41, 5.74) is 14.0. The fourth-order valence-electron chi connectivity index (χ4n) is 3.65. The lowest BCUT2D eigenvalue weighted by Crippen LogP contribution is -2.29. The summed E-state index contributed by atoms with van der Waals surface area (Å²) in [6.45, 7) is 11.2. The molecule has 0 amide bonds. The third-order valence-corrected chi connectivity index (χ3v) is 6.04. The fraction of sp³-hybridized carbons (Fsp3) is 0.364. The molecule has 1 aliphatic carbocycles. The van der Waals surface area contributed by atoms with Crippen LogP contribution in [-0.2, 0) is 10.8 Å². The fourth-order valence-corrected chi connectivity index (χ4v) is 4.01. The summed E-state index contributed by atoms with van der Waals surface area (Å²) < 4.78 is 1.19. The molecule has 1 N–H and O–H groups in total. The van der Waals surface area contributed by atoms with E-state index in [4.69, 9.17) is 5.53 Å². The van der Waals surface area contributed by atoms with Gasteiger partial charge in [0.1, 0.15) is 6.04 Å². The molecule has 2 aromatic rings. The smallest absolute Gasteiger partial charge is 0.121 e. The molecule has 0 saturated carbocycles. The summed E-state index contributed by atoms with van der Waals surface area (Å²) >= 11 is 2.30. The normalized spacial score (nSPS) is 18.5. The van der Waals surface area contributed by atoms with E-state index in [1.54, 1.807) is 0 Å². The second-order valence-corrected chi connectivity index (χ2v) is 9.36. The van der Waals surface area contributed by atoms with Gasteiger partial charge in [0.25, 0.3) is 0 Å². The van der Waals surface area contributed by atoms with Crippen LogP contribution >= 0.6 is 22.6 Å². The van der Waals surface area contributed by atoms with Crippen LogP contribution in [-0.4, -0.2) is 0 Å². The van der Waals surface area contributed by atoms with E-state index in [9.17, 15) is 0 Å². The zero-order chi connectivity index (χ0) is 18.4. The number of nitrogens with zero attached hydrogens (tertiary/aromatic N) is 1. The van der Waals surface area contributed by atoms with Crippen molar-refractivity contribution in [3.8, 4) is 0 Å². The van der Waals surface area contributed by atoms with Crippen molar-refractivity contribution >= 4 is 22.6 Å². The number of nitrogens with one attached hydrogen (secondary N) is 1. The first-order chi connectivity index (χ1) is 11.7. The standard InChI is InChI=1S/C22H25IN2/c1-14-12-18-19(22(4,5)11-10-21(18,2)3)13-17(14)20(25-24)15-6-8-16(23)9-7-15/h6-13,20,24H,1-5H3. The monoisotopic (exact) mass is 444 g/mol. The second-order valence-electron chi connectivity index (χ2n) is 8.11. The molecule has 0 aliphatic heterocycles. The summed E-state index contributed by atoms with van der Waals surface area (Å²) in [6.07, 6.45) is 4.63. The first-order valence-electron chi connectivity index (χ1n) is 8.63. The van der Waals surface area contributed by atoms with Crippen LogP contribution in [0.25, 0.3) is 0 Å². The number of fused-ring (bicyclic) bond motifs is 1. The molecule has 1 unspecified atom stereocenters. The highest BCUT2D eigenvalue weighted by Crippen LogP contribution is 2.43. The summed E-state index contributed by atoms with van der Waals surface area (Å²) in [7, 11) is 0. The number of allylic oxidation sites excluding steroid dienone is 2. The highest BCUT2D eigenvalue weighted by molar-refractivity contribution is 14.1. The van der Waals surface area contributed by atoms with E-state index in [2.05, 4.69) is 111 Å². The van der Waals surface area contributed by atoms with Crippen LogP contribution in [0.2, 0.25) is 0 Å². The predicted molar refractivity (Wildman–Crippen MR) is 113 cm³/mol. The zero-order valence-electron chi connectivity index (χ0n) is 15.5. The van der Waals surface area contributed by atoms with Gasteiger partial charge in [-0.25, -0.2) is 5.53 Å². The van der Waals surface area contributed by atoms with E-state index in [0.29, 0.717) is 0 Å². The van der Waals surface area contributed by atoms with Crippen molar-refractivity contribution in [2.45, 2.75) is 51.5 Å². The van der Waals surface area contributed by atoms with Crippen molar-refractivity contribution in [2.24, 2.45) is 5.11 Å². The maximum atomic E-state index is 7.81. The Hall–Kier alpha value is -1.49. The average molecular weight is 444 g/mol. The molecule has 0 saturated heterocycles. The Kier molecular flexibility index (Phi) is 4.65. The molecule has 130 valence electrons. The van der Waals surface area contributed by atoms with Crippen LogP contribution in [0.3, 0.4) is 0 Å². The highest BCUT2D eigenvalue weighted by Gasteiger charge is 2.34. The van der Waals surface area contributed by atoms with Gasteiger partial charge >= 0.3 is 0 Å². The lowest BCUT2D eigenvalue weighted by Gasteiger charge is -2.38. The van der Waals surface area contributed by atoms with Crippen LogP contribution in [0, 0.1) is 16.0 Å². The molecule has 2 aromatic carbocycles. The largest absolute Gasteiger partial charge is 0.209 e. The Bertz CT molecular complexity index is 845. The molecule has 0 fully saturated rings. The van der Waals surface area contributed by atoms with Crippen LogP contribution in [0.15, 0.2) is 53.7 Å². The van der Waals surface area contributed by atoms with Crippen molar-refractivity contribution in [3.05, 3.63) is 79.9 Å². The number of hydrogen-bond acceptors (Lipinski definition) is 2. The Labute approximate surface area is 164 Å². The van der Waals surface area contributed by atoms with E-state index >= 15 is 0 Å². The van der Waals surface area contributed by atoms with E-state index in [1.165, 1.54) is 20.3 Å². The van der Waals surface area contributed by atoms with Gasteiger partial charge < -0.3 is 0 Å². The Morgan fingerprint density at radius 1 is 0.920 bits per heavy atom. The van der Waals surface area contributed by atoms with Crippen molar-refractivity contribution < 1.29 is 0 Å². The maximum absolute atomic E-state index is 7.81. The van der Waals surface area contributed by atoms with Gasteiger partial charge in [0.2, 0.25) is 0 Å². The van der Waals surface area contributed by atoms with E-state index in [0.717, 1.165) is 11.1 Å². The van der Waals surface area contributed by atoms with Crippen molar-refractivity contribution in [3.63, 3.8) is 0 Å².